The maximum atomic E-state index is 11.2. The molecule has 0 amide bonds. The van der Waals surface area contributed by atoms with Gasteiger partial charge in [-0.1, -0.05) is 29.8 Å². The molecule has 1 saturated heterocycles. The molecule has 0 aliphatic carbocycles. The van der Waals surface area contributed by atoms with Crippen LogP contribution in [0.5, 0.6) is 5.75 Å². The Hall–Kier alpha value is -2.04. The fourth-order valence-corrected chi connectivity index (χ4v) is 3.58. The molecule has 2 aromatic carbocycles. The molecular weight excluding hydrogens is 338 g/mol. The zero-order valence-corrected chi connectivity index (χ0v) is 15.0. The third-order valence-electron chi connectivity index (χ3n) is 4.75. The quantitative estimate of drug-likeness (QED) is 0.858. The van der Waals surface area contributed by atoms with Crippen LogP contribution in [-0.2, 0) is 6.54 Å². The highest BCUT2D eigenvalue weighted by atomic mass is 35.5. The summed E-state index contributed by atoms with van der Waals surface area (Å²) >= 11 is 5.95. The number of benzene rings is 2. The van der Waals surface area contributed by atoms with Crippen LogP contribution in [-0.4, -0.2) is 36.2 Å². The summed E-state index contributed by atoms with van der Waals surface area (Å²) in [6, 6.07) is 13.4. The molecule has 1 fully saturated rings. The highest BCUT2D eigenvalue weighted by Crippen LogP contribution is 2.31. The fourth-order valence-electron chi connectivity index (χ4n) is 3.46. The number of likely N-dealkylation sites (tertiary alicyclic amines) is 1. The molecule has 1 heterocycles. The topological polar surface area (TPSA) is 49.8 Å². The molecule has 3 rings (SSSR count). The van der Waals surface area contributed by atoms with Gasteiger partial charge in [0.2, 0.25) is 0 Å². The second-order valence-electron chi connectivity index (χ2n) is 6.47. The molecule has 1 atom stereocenters. The summed E-state index contributed by atoms with van der Waals surface area (Å²) in [5.74, 6) is -0.144. The van der Waals surface area contributed by atoms with E-state index in [0.29, 0.717) is 11.7 Å². The molecule has 1 aliphatic heterocycles. The van der Waals surface area contributed by atoms with Crippen LogP contribution < -0.4 is 4.74 Å². The monoisotopic (exact) mass is 359 g/mol. The Morgan fingerprint density at radius 1 is 1.28 bits per heavy atom. The van der Waals surface area contributed by atoms with Crippen molar-refractivity contribution in [1.29, 1.82) is 0 Å². The average Bonchev–Trinajstić information content (AvgIpc) is 2.63. The second kappa shape index (κ2) is 7.89. The van der Waals surface area contributed by atoms with Crippen LogP contribution in [0.4, 0.5) is 0 Å². The molecule has 0 spiro atoms. The van der Waals surface area contributed by atoms with E-state index in [-0.39, 0.29) is 5.56 Å². The zero-order valence-electron chi connectivity index (χ0n) is 14.2. The maximum absolute atomic E-state index is 11.2. The molecule has 2 aromatic rings. The van der Waals surface area contributed by atoms with Gasteiger partial charge in [-0.15, -0.1) is 0 Å². The minimum Gasteiger partial charge on any atom is -0.496 e. The van der Waals surface area contributed by atoms with Crippen molar-refractivity contribution in [2.45, 2.75) is 25.3 Å². The highest BCUT2D eigenvalue weighted by Gasteiger charge is 2.23. The molecule has 0 bridgehead atoms. The van der Waals surface area contributed by atoms with Crippen molar-refractivity contribution in [3.8, 4) is 5.75 Å². The number of hydrogen-bond donors (Lipinski definition) is 1. The number of rotatable bonds is 5. The number of nitrogens with zero attached hydrogens (tertiary/aromatic N) is 1. The predicted molar refractivity (Wildman–Crippen MR) is 98.7 cm³/mol. The van der Waals surface area contributed by atoms with Crippen molar-refractivity contribution in [2.24, 2.45) is 0 Å². The van der Waals surface area contributed by atoms with Gasteiger partial charge in [0.1, 0.15) is 11.3 Å². The van der Waals surface area contributed by atoms with E-state index in [1.807, 2.05) is 24.3 Å². The first kappa shape index (κ1) is 17.8. The van der Waals surface area contributed by atoms with E-state index in [1.54, 1.807) is 6.07 Å². The van der Waals surface area contributed by atoms with Crippen molar-refractivity contribution in [1.82, 2.24) is 4.90 Å². The standard InChI is InChI=1S/C20H22ClNO3/c1-25-19-11-15(6-9-18(19)20(23)24)16-3-2-10-22(13-16)12-14-4-7-17(21)8-5-14/h4-9,11,16H,2-3,10,12-13H2,1H3,(H,23,24). The molecule has 1 N–H and O–H groups in total. The van der Waals surface area contributed by atoms with Crippen LogP contribution in [0.2, 0.25) is 5.02 Å². The number of halogens is 1. The molecule has 0 aromatic heterocycles. The van der Waals surface area contributed by atoms with E-state index in [1.165, 1.54) is 12.7 Å². The number of piperidine rings is 1. The number of carboxylic acids is 1. The largest absolute Gasteiger partial charge is 0.496 e. The summed E-state index contributed by atoms with van der Waals surface area (Å²) in [4.78, 5) is 13.7. The minimum absolute atomic E-state index is 0.208. The SMILES string of the molecule is COc1cc(C2CCCN(Cc3ccc(Cl)cc3)C2)ccc1C(=O)O. The summed E-state index contributed by atoms with van der Waals surface area (Å²) in [5.41, 5.74) is 2.60. The molecule has 25 heavy (non-hydrogen) atoms. The van der Waals surface area contributed by atoms with Crippen molar-refractivity contribution < 1.29 is 14.6 Å². The third kappa shape index (κ3) is 4.33. The number of hydrogen-bond acceptors (Lipinski definition) is 3. The first-order chi connectivity index (χ1) is 12.1. The van der Waals surface area contributed by atoms with E-state index in [2.05, 4.69) is 17.0 Å². The van der Waals surface area contributed by atoms with Crippen molar-refractivity contribution in [2.75, 3.05) is 20.2 Å². The lowest BCUT2D eigenvalue weighted by molar-refractivity contribution is 0.0693. The summed E-state index contributed by atoms with van der Waals surface area (Å²) in [7, 11) is 1.51. The van der Waals surface area contributed by atoms with Gasteiger partial charge in [-0.05, 0) is 60.7 Å². The maximum Gasteiger partial charge on any atom is 0.339 e. The normalized spacial score (nSPS) is 18.1. The number of ether oxygens (including phenoxy) is 1. The van der Waals surface area contributed by atoms with E-state index in [4.69, 9.17) is 16.3 Å². The van der Waals surface area contributed by atoms with Crippen LogP contribution in [0.3, 0.4) is 0 Å². The Morgan fingerprint density at radius 3 is 2.72 bits per heavy atom. The molecule has 1 aliphatic rings. The number of carboxylic acid groups (broad SMARTS) is 1. The Balaban J connectivity index is 1.72. The van der Waals surface area contributed by atoms with Gasteiger partial charge in [0.05, 0.1) is 7.11 Å². The molecule has 132 valence electrons. The number of methoxy groups -OCH3 is 1. The third-order valence-corrected chi connectivity index (χ3v) is 5.00. The second-order valence-corrected chi connectivity index (χ2v) is 6.90. The number of carbonyl (C=O) groups is 1. The van der Waals surface area contributed by atoms with Gasteiger partial charge < -0.3 is 9.84 Å². The first-order valence-corrected chi connectivity index (χ1v) is 8.82. The van der Waals surface area contributed by atoms with Gasteiger partial charge in [-0.2, -0.15) is 0 Å². The fraction of sp³-hybridized carbons (Fsp3) is 0.350. The zero-order chi connectivity index (χ0) is 17.8. The number of aromatic carboxylic acids is 1. The first-order valence-electron chi connectivity index (χ1n) is 8.45. The van der Waals surface area contributed by atoms with Crippen LogP contribution in [0.15, 0.2) is 42.5 Å². The molecule has 5 heteroatoms. The van der Waals surface area contributed by atoms with Crippen molar-refractivity contribution in [3.63, 3.8) is 0 Å². The Labute approximate surface area is 153 Å². The van der Waals surface area contributed by atoms with E-state index in [9.17, 15) is 9.90 Å². The van der Waals surface area contributed by atoms with E-state index in [0.717, 1.165) is 43.1 Å². The van der Waals surface area contributed by atoms with Crippen LogP contribution in [0.1, 0.15) is 40.2 Å². The summed E-state index contributed by atoms with van der Waals surface area (Å²) in [6.45, 7) is 2.93. The smallest absolute Gasteiger partial charge is 0.339 e. The van der Waals surface area contributed by atoms with Gasteiger partial charge in [0, 0.05) is 18.1 Å². The molecular formula is C20H22ClNO3. The molecule has 0 radical (unpaired) electrons. The Bertz CT molecular complexity index is 745. The molecule has 1 unspecified atom stereocenters. The van der Waals surface area contributed by atoms with E-state index < -0.39 is 5.97 Å². The van der Waals surface area contributed by atoms with Gasteiger partial charge in [-0.25, -0.2) is 4.79 Å². The average molecular weight is 360 g/mol. The van der Waals surface area contributed by atoms with Crippen LogP contribution in [0, 0.1) is 0 Å². The minimum atomic E-state index is -0.962. The van der Waals surface area contributed by atoms with Crippen LogP contribution >= 0.6 is 11.6 Å². The van der Waals surface area contributed by atoms with Gasteiger partial charge in [-0.3, -0.25) is 4.90 Å². The lowest BCUT2D eigenvalue weighted by Gasteiger charge is -2.33. The summed E-state index contributed by atoms with van der Waals surface area (Å²) in [5, 5.41) is 9.98. The van der Waals surface area contributed by atoms with Crippen molar-refractivity contribution >= 4 is 17.6 Å². The van der Waals surface area contributed by atoms with E-state index >= 15 is 0 Å². The van der Waals surface area contributed by atoms with Crippen molar-refractivity contribution in [3.05, 3.63) is 64.2 Å². The summed E-state index contributed by atoms with van der Waals surface area (Å²) in [6.07, 6.45) is 2.23. The highest BCUT2D eigenvalue weighted by molar-refractivity contribution is 6.30. The lowest BCUT2D eigenvalue weighted by Crippen LogP contribution is -2.33. The Kier molecular flexibility index (Phi) is 5.61. The van der Waals surface area contributed by atoms with Gasteiger partial charge >= 0.3 is 5.97 Å². The predicted octanol–water partition coefficient (Wildman–Crippen LogP) is 4.43. The lowest BCUT2D eigenvalue weighted by atomic mass is 9.89. The molecule has 0 saturated carbocycles. The van der Waals surface area contributed by atoms with Crippen LogP contribution in [0.25, 0.3) is 0 Å². The molecule has 4 nitrogen and oxygen atoms in total. The van der Waals surface area contributed by atoms with Gasteiger partial charge in [0.15, 0.2) is 0 Å². The van der Waals surface area contributed by atoms with Gasteiger partial charge in [0.25, 0.3) is 0 Å². The Morgan fingerprint density at radius 2 is 2.04 bits per heavy atom. The summed E-state index contributed by atoms with van der Waals surface area (Å²) < 4.78 is 5.26.